The predicted octanol–water partition coefficient (Wildman–Crippen LogP) is 1.14. The van der Waals surface area contributed by atoms with Crippen LogP contribution in [-0.4, -0.2) is 70.2 Å². The van der Waals surface area contributed by atoms with Crippen molar-refractivity contribution in [3.8, 4) is 0 Å². The van der Waals surface area contributed by atoms with Gasteiger partial charge in [0.25, 0.3) is 11.8 Å². The van der Waals surface area contributed by atoms with Gasteiger partial charge in [0.15, 0.2) is 5.69 Å². The molecule has 4 rings (SSSR count). The number of fused-ring (bicyclic) bond motifs is 1. The smallest absolute Gasteiger partial charge is 0.274 e. The molecule has 2 amide bonds. The van der Waals surface area contributed by atoms with Gasteiger partial charge in [-0.25, -0.2) is 0 Å². The van der Waals surface area contributed by atoms with Gasteiger partial charge < -0.3 is 14.5 Å². The second-order valence-corrected chi connectivity index (χ2v) is 7.50. The Kier molecular flexibility index (Phi) is 4.27. The third-order valence-corrected chi connectivity index (χ3v) is 5.75. The van der Waals surface area contributed by atoms with Gasteiger partial charge in [-0.05, 0) is 45.4 Å². The summed E-state index contributed by atoms with van der Waals surface area (Å²) >= 11 is 0. The summed E-state index contributed by atoms with van der Waals surface area (Å²) < 4.78 is 5.69. The highest BCUT2D eigenvalue weighted by Gasteiger charge is 2.41. The van der Waals surface area contributed by atoms with Gasteiger partial charge in [0.1, 0.15) is 5.60 Å². The molecule has 2 saturated heterocycles. The van der Waals surface area contributed by atoms with Gasteiger partial charge in [-0.3, -0.25) is 14.7 Å². The molecule has 0 bridgehead atoms. The molecule has 3 heterocycles. The second-order valence-electron chi connectivity index (χ2n) is 7.50. The fourth-order valence-electron chi connectivity index (χ4n) is 4.25. The molecule has 2 aliphatic heterocycles. The summed E-state index contributed by atoms with van der Waals surface area (Å²) in [5.41, 5.74) is 2.11. The van der Waals surface area contributed by atoms with E-state index >= 15 is 0 Å². The van der Waals surface area contributed by atoms with Crippen molar-refractivity contribution in [3.63, 3.8) is 0 Å². The molecular weight excluding hydrogens is 320 g/mol. The Morgan fingerprint density at radius 3 is 2.68 bits per heavy atom. The number of ether oxygens (including phenoxy) is 1. The number of aryl methyl sites for hydroxylation is 1. The molecule has 7 nitrogen and oxygen atoms in total. The molecular formula is C18H26N4O3. The minimum Gasteiger partial charge on any atom is -0.365 e. The number of rotatable bonds is 2. The van der Waals surface area contributed by atoms with E-state index in [1.807, 2.05) is 16.7 Å². The van der Waals surface area contributed by atoms with E-state index in [0.29, 0.717) is 38.5 Å². The fourth-order valence-corrected chi connectivity index (χ4v) is 4.25. The number of aromatic amines is 1. The lowest BCUT2D eigenvalue weighted by atomic mass is 10.0. The summed E-state index contributed by atoms with van der Waals surface area (Å²) in [4.78, 5) is 29.4. The monoisotopic (exact) mass is 346 g/mol. The highest BCUT2D eigenvalue weighted by Crippen LogP contribution is 2.28. The molecule has 1 N–H and O–H groups in total. The van der Waals surface area contributed by atoms with E-state index in [4.69, 9.17) is 4.74 Å². The van der Waals surface area contributed by atoms with Crippen molar-refractivity contribution in [3.05, 3.63) is 17.0 Å². The summed E-state index contributed by atoms with van der Waals surface area (Å²) in [6.07, 6.45) is 5.51. The second kappa shape index (κ2) is 6.44. The average Bonchev–Trinajstić information content (AvgIpc) is 3.28. The summed E-state index contributed by atoms with van der Waals surface area (Å²) in [5, 5.41) is 7.27. The summed E-state index contributed by atoms with van der Waals surface area (Å²) in [7, 11) is 0. The quantitative estimate of drug-likeness (QED) is 0.871. The van der Waals surface area contributed by atoms with Gasteiger partial charge in [-0.1, -0.05) is 0 Å². The van der Waals surface area contributed by atoms with E-state index in [9.17, 15) is 9.59 Å². The zero-order valence-electron chi connectivity index (χ0n) is 14.8. The highest BCUT2D eigenvalue weighted by atomic mass is 16.5. The first-order valence-electron chi connectivity index (χ1n) is 9.37. The Balaban J connectivity index is 1.42. The van der Waals surface area contributed by atoms with Crippen LogP contribution in [0.2, 0.25) is 0 Å². The van der Waals surface area contributed by atoms with Crippen LogP contribution in [0.4, 0.5) is 0 Å². The van der Waals surface area contributed by atoms with Crippen LogP contribution in [-0.2, 0) is 22.4 Å². The molecule has 136 valence electrons. The average molecular weight is 346 g/mol. The van der Waals surface area contributed by atoms with E-state index < -0.39 is 5.60 Å². The van der Waals surface area contributed by atoms with Crippen molar-refractivity contribution in [2.75, 3.05) is 32.8 Å². The van der Waals surface area contributed by atoms with Gasteiger partial charge in [0, 0.05) is 44.0 Å². The summed E-state index contributed by atoms with van der Waals surface area (Å²) in [6, 6.07) is 0. The highest BCUT2D eigenvalue weighted by molar-refractivity contribution is 5.94. The molecule has 1 aliphatic carbocycles. The van der Waals surface area contributed by atoms with Crippen LogP contribution in [0.15, 0.2) is 0 Å². The van der Waals surface area contributed by atoms with E-state index in [2.05, 4.69) is 10.2 Å². The van der Waals surface area contributed by atoms with Crippen LogP contribution >= 0.6 is 0 Å². The van der Waals surface area contributed by atoms with E-state index in [-0.39, 0.29) is 11.8 Å². The van der Waals surface area contributed by atoms with Crippen LogP contribution in [0.25, 0.3) is 0 Å². The largest absolute Gasteiger partial charge is 0.365 e. The molecule has 0 radical (unpaired) electrons. The third kappa shape index (κ3) is 2.94. The molecule has 3 aliphatic rings. The minimum atomic E-state index is -0.678. The molecule has 0 saturated carbocycles. The Morgan fingerprint density at radius 1 is 1.08 bits per heavy atom. The zero-order valence-corrected chi connectivity index (χ0v) is 14.8. The molecule has 1 unspecified atom stereocenters. The van der Waals surface area contributed by atoms with Gasteiger partial charge in [-0.15, -0.1) is 0 Å². The molecule has 25 heavy (non-hydrogen) atoms. The number of aromatic nitrogens is 2. The SMILES string of the molecule is CC1(C(=O)N2CCCN(C(=O)c3n[nH]c4c3CCC4)CC2)CCCO1. The maximum Gasteiger partial charge on any atom is 0.274 e. The number of H-pyrrole nitrogens is 1. The number of nitrogens with one attached hydrogen (secondary N) is 1. The number of hydrogen-bond acceptors (Lipinski definition) is 4. The Labute approximate surface area is 147 Å². The van der Waals surface area contributed by atoms with Gasteiger partial charge >= 0.3 is 0 Å². The first kappa shape index (κ1) is 16.6. The maximum absolute atomic E-state index is 12.9. The normalized spacial score (nSPS) is 26.6. The first-order valence-corrected chi connectivity index (χ1v) is 9.37. The van der Waals surface area contributed by atoms with Crippen molar-refractivity contribution < 1.29 is 14.3 Å². The Morgan fingerprint density at radius 2 is 1.88 bits per heavy atom. The van der Waals surface area contributed by atoms with Gasteiger partial charge in [-0.2, -0.15) is 5.10 Å². The summed E-state index contributed by atoms with van der Waals surface area (Å²) in [6.45, 7) is 5.02. The zero-order chi connectivity index (χ0) is 17.4. The molecule has 2 fully saturated rings. The lowest BCUT2D eigenvalue weighted by Gasteiger charge is -2.30. The number of carbonyl (C=O) groups is 2. The Bertz CT molecular complexity index is 678. The maximum atomic E-state index is 12.9. The van der Waals surface area contributed by atoms with E-state index in [0.717, 1.165) is 49.8 Å². The molecule has 1 aromatic rings. The van der Waals surface area contributed by atoms with Crippen LogP contribution < -0.4 is 0 Å². The van der Waals surface area contributed by atoms with Gasteiger partial charge in [0.2, 0.25) is 0 Å². The molecule has 1 atom stereocenters. The number of nitrogens with zero attached hydrogens (tertiary/aromatic N) is 3. The van der Waals surface area contributed by atoms with Crippen LogP contribution in [0.5, 0.6) is 0 Å². The lowest BCUT2D eigenvalue weighted by Crippen LogP contribution is -2.48. The van der Waals surface area contributed by atoms with Crippen LogP contribution in [0.3, 0.4) is 0 Å². The summed E-state index contributed by atoms with van der Waals surface area (Å²) in [5.74, 6) is 0.0667. The first-order chi connectivity index (χ1) is 12.1. The lowest BCUT2D eigenvalue weighted by molar-refractivity contribution is -0.150. The molecule has 1 aromatic heterocycles. The molecule has 0 aromatic carbocycles. The van der Waals surface area contributed by atoms with Crippen LogP contribution in [0, 0.1) is 0 Å². The van der Waals surface area contributed by atoms with Crippen molar-refractivity contribution in [2.45, 2.75) is 51.0 Å². The van der Waals surface area contributed by atoms with Crippen LogP contribution in [0.1, 0.15) is 54.4 Å². The van der Waals surface area contributed by atoms with Crippen molar-refractivity contribution >= 4 is 11.8 Å². The number of hydrogen-bond donors (Lipinski definition) is 1. The van der Waals surface area contributed by atoms with Gasteiger partial charge in [0.05, 0.1) is 0 Å². The Hall–Kier alpha value is -1.89. The van der Waals surface area contributed by atoms with Crippen molar-refractivity contribution in [1.29, 1.82) is 0 Å². The molecule has 7 heteroatoms. The minimum absolute atomic E-state index is 0.00275. The van der Waals surface area contributed by atoms with E-state index in [1.54, 1.807) is 0 Å². The fraction of sp³-hybridized carbons (Fsp3) is 0.722. The number of carbonyl (C=O) groups excluding carboxylic acids is 2. The van der Waals surface area contributed by atoms with Crippen molar-refractivity contribution in [2.24, 2.45) is 0 Å². The van der Waals surface area contributed by atoms with Crippen molar-refractivity contribution in [1.82, 2.24) is 20.0 Å². The van der Waals surface area contributed by atoms with E-state index in [1.165, 1.54) is 0 Å². The number of amides is 2. The standard InChI is InChI=1S/C18H26N4O3/c1-18(7-3-12-25-18)17(24)22-9-4-8-21(10-11-22)16(23)15-13-5-2-6-14(13)19-20-15/h2-12H2,1H3,(H,19,20). The predicted molar refractivity (Wildman–Crippen MR) is 91.3 cm³/mol. The molecule has 0 spiro atoms. The third-order valence-electron chi connectivity index (χ3n) is 5.75. The topological polar surface area (TPSA) is 78.5 Å².